The van der Waals surface area contributed by atoms with Crippen molar-refractivity contribution in [2.75, 3.05) is 40.4 Å². The first-order chi connectivity index (χ1) is 15.4. The zero-order valence-corrected chi connectivity index (χ0v) is 20.3. The Bertz CT molecular complexity index is 879. The number of piperazine rings is 1. The van der Waals surface area contributed by atoms with Gasteiger partial charge in [0.2, 0.25) is 0 Å². The molecule has 8 nitrogen and oxygen atoms in total. The van der Waals surface area contributed by atoms with E-state index in [9.17, 15) is 0 Å². The van der Waals surface area contributed by atoms with Crippen LogP contribution in [-0.4, -0.2) is 76.4 Å². The maximum absolute atomic E-state index is 5.84. The van der Waals surface area contributed by atoms with Gasteiger partial charge in [-0.3, -0.25) is 9.80 Å². The molecule has 0 amide bonds. The molecule has 1 aliphatic heterocycles. The molecule has 176 valence electrons. The highest BCUT2D eigenvalue weighted by Gasteiger charge is 2.36. The van der Waals surface area contributed by atoms with Crippen molar-refractivity contribution >= 4 is 0 Å². The van der Waals surface area contributed by atoms with Crippen LogP contribution in [0.3, 0.4) is 0 Å². The Labute approximate surface area is 191 Å². The van der Waals surface area contributed by atoms with Gasteiger partial charge < -0.3 is 9.47 Å². The molecular weight excluding hydrogens is 404 g/mol. The molecular formula is C24H38N6O2. The van der Waals surface area contributed by atoms with Crippen molar-refractivity contribution in [3.05, 3.63) is 29.6 Å². The van der Waals surface area contributed by atoms with E-state index in [-0.39, 0.29) is 11.6 Å². The first-order valence-electron chi connectivity index (χ1n) is 11.9. The first-order valence-corrected chi connectivity index (χ1v) is 11.9. The molecule has 4 rings (SSSR count). The smallest absolute Gasteiger partial charge is 0.173 e. The van der Waals surface area contributed by atoms with Crippen LogP contribution in [0.4, 0.5) is 0 Å². The van der Waals surface area contributed by atoms with Gasteiger partial charge in [0.1, 0.15) is 6.04 Å². The van der Waals surface area contributed by atoms with Crippen molar-refractivity contribution < 1.29 is 9.47 Å². The highest BCUT2D eigenvalue weighted by Crippen LogP contribution is 2.40. The molecule has 2 heterocycles. The molecule has 0 bridgehead atoms. The SMILES string of the molecule is COc1cccc([C@H](c2nnnn2C(C)(C)C)N2CCN(C3CCCCC3)CC2)c1OC. The van der Waals surface area contributed by atoms with E-state index in [1.807, 2.05) is 16.8 Å². The van der Waals surface area contributed by atoms with Crippen LogP contribution in [0.2, 0.25) is 0 Å². The molecule has 0 spiro atoms. The van der Waals surface area contributed by atoms with Gasteiger partial charge in [-0.2, -0.15) is 0 Å². The Morgan fingerprint density at radius 1 is 0.969 bits per heavy atom. The second-order valence-corrected chi connectivity index (χ2v) is 9.97. The highest BCUT2D eigenvalue weighted by atomic mass is 16.5. The average molecular weight is 443 g/mol. The van der Waals surface area contributed by atoms with Gasteiger partial charge in [-0.05, 0) is 50.1 Å². The van der Waals surface area contributed by atoms with Crippen molar-refractivity contribution in [3.63, 3.8) is 0 Å². The topological polar surface area (TPSA) is 68.5 Å². The van der Waals surface area contributed by atoms with Gasteiger partial charge in [-0.1, -0.05) is 31.4 Å². The molecule has 0 N–H and O–H groups in total. The number of rotatable bonds is 6. The molecule has 2 aromatic rings. The summed E-state index contributed by atoms with van der Waals surface area (Å²) in [7, 11) is 3.38. The lowest BCUT2D eigenvalue weighted by molar-refractivity contribution is 0.0602. The molecule has 1 aromatic heterocycles. The van der Waals surface area contributed by atoms with Crippen LogP contribution in [0.25, 0.3) is 0 Å². The second-order valence-electron chi connectivity index (χ2n) is 9.97. The number of hydrogen-bond donors (Lipinski definition) is 0. The van der Waals surface area contributed by atoms with Crippen molar-refractivity contribution in [2.45, 2.75) is 70.5 Å². The number of methoxy groups -OCH3 is 2. The van der Waals surface area contributed by atoms with Crippen LogP contribution in [0.5, 0.6) is 11.5 Å². The Morgan fingerprint density at radius 3 is 2.31 bits per heavy atom. The Balaban J connectivity index is 1.68. The highest BCUT2D eigenvalue weighted by molar-refractivity contribution is 5.49. The lowest BCUT2D eigenvalue weighted by Crippen LogP contribution is -2.52. The second kappa shape index (κ2) is 9.75. The summed E-state index contributed by atoms with van der Waals surface area (Å²) < 4.78 is 13.4. The molecule has 1 aromatic carbocycles. The third-order valence-corrected chi connectivity index (χ3v) is 6.91. The quantitative estimate of drug-likeness (QED) is 0.678. The molecule has 1 atom stereocenters. The minimum Gasteiger partial charge on any atom is -0.493 e. The van der Waals surface area contributed by atoms with Crippen LogP contribution in [-0.2, 0) is 5.54 Å². The van der Waals surface area contributed by atoms with E-state index >= 15 is 0 Å². The Morgan fingerprint density at radius 2 is 1.69 bits per heavy atom. The molecule has 1 saturated heterocycles. The molecule has 2 fully saturated rings. The number of tetrazole rings is 1. The van der Waals surface area contributed by atoms with E-state index in [0.29, 0.717) is 0 Å². The zero-order valence-electron chi connectivity index (χ0n) is 20.3. The van der Waals surface area contributed by atoms with Gasteiger partial charge in [0.05, 0.1) is 19.8 Å². The summed E-state index contributed by atoms with van der Waals surface area (Å²) in [5.41, 5.74) is 0.811. The van der Waals surface area contributed by atoms with Gasteiger partial charge >= 0.3 is 0 Å². The average Bonchev–Trinajstić information content (AvgIpc) is 3.30. The summed E-state index contributed by atoms with van der Waals surface area (Å²) >= 11 is 0. The maximum Gasteiger partial charge on any atom is 0.173 e. The third-order valence-electron chi connectivity index (χ3n) is 6.91. The predicted octanol–water partition coefficient (Wildman–Crippen LogP) is 3.49. The van der Waals surface area contributed by atoms with E-state index in [2.05, 4.69) is 52.2 Å². The maximum atomic E-state index is 5.84. The van der Waals surface area contributed by atoms with E-state index in [1.165, 1.54) is 32.1 Å². The number of ether oxygens (including phenoxy) is 2. The van der Waals surface area contributed by atoms with Gasteiger partial charge in [-0.25, -0.2) is 4.68 Å². The van der Waals surface area contributed by atoms with E-state index in [1.54, 1.807) is 14.2 Å². The fourth-order valence-corrected chi connectivity index (χ4v) is 5.28. The minimum atomic E-state index is -0.229. The van der Waals surface area contributed by atoms with E-state index < -0.39 is 0 Å². The summed E-state index contributed by atoms with van der Waals surface area (Å²) in [6.45, 7) is 10.5. The largest absolute Gasteiger partial charge is 0.493 e. The monoisotopic (exact) mass is 442 g/mol. The molecule has 0 unspecified atom stereocenters. The predicted molar refractivity (Wildman–Crippen MR) is 124 cm³/mol. The van der Waals surface area contributed by atoms with Crippen molar-refractivity contribution in [1.29, 1.82) is 0 Å². The molecule has 2 aliphatic rings. The van der Waals surface area contributed by atoms with Crippen molar-refractivity contribution in [2.24, 2.45) is 0 Å². The zero-order chi connectivity index (χ0) is 22.7. The fourth-order valence-electron chi connectivity index (χ4n) is 5.28. The molecule has 8 heteroatoms. The van der Waals surface area contributed by atoms with Crippen LogP contribution in [0.15, 0.2) is 18.2 Å². The Kier molecular flexibility index (Phi) is 7.00. The third kappa shape index (κ3) is 4.62. The normalized spacial score (nSPS) is 20.3. The Hall–Kier alpha value is -2.19. The molecule has 32 heavy (non-hydrogen) atoms. The summed E-state index contributed by atoms with van der Waals surface area (Å²) in [6, 6.07) is 6.71. The van der Waals surface area contributed by atoms with Gasteiger partial charge in [0, 0.05) is 37.8 Å². The van der Waals surface area contributed by atoms with Crippen LogP contribution in [0, 0.1) is 0 Å². The lowest BCUT2D eigenvalue weighted by Gasteiger charge is -2.43. The summed E-state index contributed by atoms with van der Waals surface area (Å²) in [5, 5.41) is 13.0. The number of hydrogen-bond acceptors (Lipinski definition) is 7. The fraction of sp³-hybridized carbons (Fsp3) is 0.708. The van der Waals surface area contributed by atoms with Crippen molar-refractivity contribution in [1.82, 2.24) is 30.0 Å². The minimum absolute atomic E-state index is 0.109. The number of para-hydroxylation sites is 1. The summed E-state index contributed by atoms with van der Waals surface area (Å²) in [4.78, 5) is 5.20. The van der Waals surface area contributed by atoms with Gasteiger partial charge in [0.25, 0.3) is 0 Å². The molecule has 1 aliphatic carbocycles. The van der Waals surface area contributed by atoms with E-state index in [0.717, 1.165) is 55.1 Å². The van der Waals surface area contributed by atoms with Gasteiger partial charge in [-0.15, -0.1) is 5.10 Å². The summed E-state index contributed by atoms with van der Waals surface area (Å²) in [6.07, 6.45) is 6.82. The van der Waals surface area contributed by atoms with Gasteiger partial charge in [0.15, 0.2) is 17.3 Å². The number of nitrogens with zero attached hydrogens (tertiary/aromatic N) is 6. The van der Waals surface area contributed by atoms with Crippen molar-refractivity contribution in [3.8, 4) is 11.5 Å². The standard InChI is InChI=1S/C24H38N6O2/c1-24(2,3)30-23(25-26-27-30)21(19-12-9-13-20(31-4)22(19)32-5)29-16-14-28(15-17-29)18-10-7-6-8-11-18/h9,12-13,18,21H,6-8,10-11,14-17H2,1-5H3/t21-/m1/s1. The van der Waals surface area contributed by atoms with E-state index in [4.69, 9.17) is 9.47 Å². The van der Waals surface area contributed by atoms with Crippen LogP contribution >= 0.6 is 0 Å². The lowest BCUT2D eigenvalue weighted by atomic mass is 9.93. The molecule has 1 saturated carbocycles. The first kappa shape index (κ1) is 23.0. The summed E-state index contributed by atoms with van der Waals surface area (Å²) in [5.74, 6) is 2.32. The molecule has 0 radical (unpaired) electrons. The number of benzene rings is 1. The number of aromatic nitrogens is 4. The van der Waals surface area contributed by atoms with Crippen LogP contribution in [0.1, 0.15) is 70.3 Å². The van der Waals surface area contributed by atoms with Crippen LogP contribution < -0.4 is 9.47 Å².